The van der Waals surface area contributed by atoms with E-state index < -0.39 is 0 Å². The zero-order valence-corrected chi connectivity index (χ0v) is 15.4. The molecule has 0 fully saturated rings. The standard InChI is InChI=1S/C12H10.C9H20O4/c1-3-7-11(8-4-1)12-9-5-2-6-10-12;1-10-6-8-12-4-3-5-13-9-7-11-2/h1-10H;3-9H2,1-2H3. The number of methoxy groups -OCH3 is 2. The topological polar surface area (TPSA) is 36.9 Å². The smallest absolute Gasteiger partial charge is 0.0700 e. The quantitative estimate of drug-likeness (QED) is 0.575. The summed E-state index contributed by atoms with van der Waals surface area (Å²) in [4.78, 5) is 0. The van der Waals surface area contributed by atoms with E-state index in [2.05, 4.69) is 48.5 Å². The summed E-state index contributed by atoms with van der Waals surface area (Å²) in [6, 6.07) is 20.8. The average molecular weight is 346 g/mol. The molecule has 2 aromatic rings. The van der Waals surface area contributed by atoms with Gasteiger partial charge in [-0.05, 0) is 17.5 Å². The molecule has 0 spiro atoms. The maximum atomic E-state index is 5.24. The number of ether oxygens (including phenoxy) is 4. The molecule has 0 atom stereocenters. The van der Waals surface area contributed by atoms with Crippen molar-refractivity contribution < 1.29 is 18.9 Å². The minimum atomic E-state index is 0.657. The summed E-state index contributed by atoms with van der Waals surface area (Å²) in [6.07, 6.45) is 0.924. The van der Waals surface area contributed by atoms with Crippen LogP contribution in [0.1, 0.15) is 6.42 Å². The molecule has 0 aromatic heterocycles. The van der Waals surface area contributed by atoms with Crippen LogP contribution in [-0.4, -0.2) is 53.9 Å². The normalized spacial score (nSPS) is 10.2. The second kappa shape index (κ2) is 15.8. The lowest BCUT2D eigenvalue weighted by atomic mass is 10.1. The highest BCUT2D eigenvalue weighted by atomic mass is 16.5. The van der Waals surface area contributed by atoms with E-state index in [0.29, 0.717) is 26.4 Å². The van der Waals surface area contributed by atoms with Gasteiger partial charge in [-0.15, -0.1) is 0 Å². The summed E-state index contributed by atoms with van der Waals surface area (Å²) < 4.78 is 20.1. The Morgan fingerprint density at radius 2 is 0.920 bits per heavy atom. The van der Waals surface area contributed by atoms with E-state index in [1.54, 1.807) is 14.2 Å². The average Bonchev–Trinajstić information content (AvgIpc) is 2.69. The van der Waals surface area contributed by atoms with Crippen LogP contribution < -0.4 is 0 Å². The van der Waals surface area contributed by atoms with Gasteiger partial charge in [-0.1, -0.05) is 60.7 Å². The molecule has 0 aliphatic carbocycles. The second-order valence-corrected chi connectivity index (χ2v) is 5.30. The highest BCUT2D eigenvalue weighted by Crippen LogP contribution is 2.17. The molecule has 2 aromatic carbocycles. The van der Waals surface area contributed by atoms with Crippen molar-refractivity contribution in [1.29, 1.82) is 0 Å². The molecule has 0 amide bonds. The fourth-order valence-corrected chi connectivity index (χ4v) is 2.01. The van der Waals surface area contributed by atoms with E-state index in [-0.39, 0.29) is 0 Å². The van der Waals surface area contributed by atoms with Gasteiger partial charge in [-0.25, -0.2) is 0 Å². The summed E-state index contributed by atoms with van der Waals surface area (Å²) in [6.45, 7) is 4.10. The maximum Gasteiger partial charge on any atom is 0.0700 e. The molecule has 0 bridgehead atoms. The molecule has 138 valence electrons. The van der Waals surface area contributed by atoms with Crippen molar-refractivity contribution in [3.63, 3.8) is 0 Å². The molecular weight excluding hydrogens is 316 g/mol. The lowest BCUT2D eigenvalue weighted by molar-refractivity contribution is 0.0378. The van der Waals surface area contributed by atoms with Crippen molar-refractivity contribution in [3.05, 3.63) is 60.7 Å². The van der Waals surface area contributed by atoms with Gasteiger partial charge in [0.25, 0.3) is 0 Å². The Morgan fingerprint density at radius 3 is 1.28 bits per heavy atom. The molecule has 25 heavy (non-hydrogen) atoms. The Hall–Kier alpha value is -1.72. The molecule has 4 heteroatoms. The molecule has 0 aliphatic heterocycles. The molecule has 0 radical (unpaired) electrons. The number of hydrogen-bond acceptors (Lipinski definition) is 4. The molecule has 0 heterocycles. The Bertz CT molecular complexity index is 454. The van der Waals surface area contributed by atoms with E-state index in [0.717, 1.165) is 19.6 Å². The molecule has 0 unspecified atom stereocenters. The van der Waals surface area contributed by atoms with Crippen LogP contribution in [0, 0.1) is 0 Å². The van der Waals surface area contributed by atoms with Gasteiger partial charge in [-0.3, -0.25) is 0 Å². The Kier molecular flexibility index (Phi) is 13.5. The first-order valence-corrected chi connectivity index (χ1v) is 8.62. The van der Waals surface area contributed by atoms with Gasteiger partial charge in [0, 0.05) is 27.4 Å². The third-order valence-electron chi connectivity index (χ3n) is 3.32. The Balaban J connectivity index is 0.000000250. The predicted molar refractivity (Wildman–Crippen MR) is 102 cm³/mol. The van der Waals surface area contributed by atoms with Crippen LogP contribution in [0.5, 0.6) is 0 Å². The first kappa shape index (κ1) is 21.3. The predicted octanol–water partition coefficient (Wildman–Crippen LogP) is 4.06. The van der Waals surface area contributed by atoms with E-state index >= 15 is 0 Å². The lowest BCUT2D eigenvalue weighted by Gasteiger charge is -2.04. The first-order chi connectivity index (χ1) is 12.4. The van der Waals surface area contributed by atoms with Gasteiger partial charge in [-0.2, -0.15) is 0 Å². The summed E-state index contributed by atoms with van der Waals surface area (Å²) in [5.41, 5.74) is 2.55. The van der Waals surface area contributed by atoms with Gasteiger partial charge < -0.3 is 18.9 Å². The van der Waals surface area contributed by atoms with Crippen LogP contribution in [0.15, 0.2) is 60.7 Å². The molecule has 0 saturated heterocycles. The molecule has 0 aliphatic rings. The number of benzene rings is 2. The fourth-order valence-electron chi connectivity index (χ4n) is 2.01. The molecule has 2 rings (SSSR count). The molecule has 4 nitrogen and oxygen atoms in total. The van der Waals surface area contributed by atoms with Gasteiger partial charge in [0.2, 0.25) is 0 Å². The van der Waals surface area contributed by atoms with Crippen molar-refractivity contribution >= 4 is 0 Å². The third kappa shape index (κ3) is 11.5. The summed E-state index contributed by atoms with van der Waals surface area (Å²) in [5, 5.41) is 0. The Morgan fingerprint density at radius 1 is 0.520 bits per heavy atom. The minimum absolute atomic E-state index is 0.657. The van der Waals surface area contributed by atoms with Crippen LogP contribution in [-0.2, 0) is 18.9 Å². The monoisotopic (exact) mass is 346 g/mol. The van der Waals surface area contributed by atoms with Gasteiger partial charge in [0.1, 0.15) is 0 Å². The zero-order valence-electron chi connectivity index (χ0n) is 15.4. The number of rotatable bonds is 11. The van der Waals surface area contributed by atoms with Crippen molar-refractivity contribution in [3.8, 4) is 11.1 Å². The van der Waals surface area contributed by atoms with Crippen molar-refractivity contribution in [2.45, 2.75) is 6.42 Å². The minimum Gasteiger partial charge on any atom is -0.382 e. The van der Waals surface area contributed by atoms with Crippen LogP contribution >= 0.6 is 0 Å². The van der Waals surface area contributed by atoms with Crippen molar-refractivity contribution in [1.82, 2.24) is 0 Å². The van der Waals surface area contributed by atoms with E-state index in [1.165, 1.54) is 11.1 Å². The fraction of sp³-hybridized carbons (Fsp3) is 0.429. The van der Waals surface area contributed by atoms with Gasteiger partial charge in [0.05, 0.1) is 26.4 Å². The van der Waals surface area contributed by atoms with Gasteiger partial charge >= 0.3 is 0 Å². The summed E-state index contributed by atoms with van der Waals surface area (Å²) in [5.74, 6) is 0. The zero-order chi connectivity index (χ0) is 18.0. The molecule has 0 saturated carbocycles. The van der Waals surface area contributed by atoms with Crippen LogP contribution in [0.25, 0.3) is 11.1 Å². The maximum absolute atomic E-state index is 5.24. The summed E-state index contributed by atoms with van der Waals surface area (Å²) in [7, 11) is 3.33. The van der Waals surface area contributed by atoms with Crippen molar-refractivity contribution in [2.24, 2.45) is 0 Å². The molecule has 0 N–H and O–H groups in total. The summed E-state index contributed by atoms with van der Waals surface area (Å²) >= 11 is 0. The van der Waals surface area contributed by atoms with Crippen LogP contribution in [0.3, 0.4) is 0 Å². The third-order valence-corrected chi connectivity index (χ3v) is 3.32. The van der Waals surface area contributed by atoms with Crippen LogP contribution in [0.4, 0.5) is 0 Å². The first-order valence-electron chi connectivity index (χ1n) is 8.62. The lowest BCUT2D eigenvalue weighted by Crippen LogP contribution is -2.07. The van der Waals surface area contributed by atoms with E-state index in [9.17, 15) is 0 Å². The van der Waals surface area contributed by atoms with Crippen molar-refractivity contribution in [2.75, 3.05) is 53.9 Å². The highest BCUT2D eigenvalue weighted by Gasteiger charge is 1.92. The molecular formula is C21H30O4. The SMILES string of the molecule is COCCOCCCOCCOC.c1ccc(-c2ccccc2)cc1. The second-order valence-electron chi connectivity index (χ2n) is 5.30. The van der Waals surface area contributed by atoms with Gasteiger partial charge in [0.15, 0.2) is 0 Å². The largest absolute Gasteiger partial charge is 0.382 e. The number of hydrogen-bond donors (Lipinski definition) is 0. The Labute approximate surface area is 151 Å². The van der Waals surface area contributed by atoms with E-state index in [4.69, 9.17) is 18.9 Å². The van der Waals surface area contributed by atoms with E-state index in [1.807, 2.05) is 12.1 Å². The van der Waals surface area contributed by atoms with Crippen LogP contribution in [0.2, 0.25) is 0 Å². The highest BCUT2D eigenvalue weighted by molar-refractivity contribution is 5.62.